The summed E-state index contributed by atoms with van der Waals surface area (Å²) in [5, 5.41) is 1.09. The summed E-state index contributed by atoms with van der Waals surface area (Å²) < 4.78 is 8.59. The van der Waals surface area contributed by atoms with Gasteiger partial charge in [-0.25, -0.2) is 0 Å². The molecule has 4 nitrogen and oxygen atoms in total. The Kier molecular flexibility index (Phi) is 5.79. The van der Waals surface area contributed by atoms with Crippen molar-refractivity contribution in [3.63, 3.8) is 0 Å². The molecule has 2 heterocycles. The predicted octanol–water partition coefficient (Wildman–Crippen LogP) is 6.13. The van der Waals surface area contributed by atoms with Crippen molar-refractivity contribution in [1.82, 2.24) is 4.57 Å². The number of benzene rings is 3. The average molecular weight is 457 g/mol. The first-order valence-corrected chi connectivity index (χ1v) is 11.5. The molecule has 1 saturated heterocycles. The maximum absolute atomic E-state index is 13.1. The Bertz CT molecular complexity index is 1310. The van der Waals surface area contributed by atoms with Gasteiger partial charge in [-0.05, 0) is 36.4 Å². The third-order valence-corrected chi connectivity index (χ3v) is 6.56. The highest BCUT2D eigenvalue weighted by atomic mass is 32.2. The number of carbonyl (C=O) groups excluding carboxylic acids is 1. The lowest BCUT2D eigenvalue weighted by molar-refractivity contribution is -0.113. The van der Waals surface area contributed by atoms with E-state index in [0.29, 0.717) is 22.4 Å². The molecule has 4 aromatic rings. The second kappa shape index (κ2) is 9.02. The van der Waals surface area contributed by atoms with Crippen LogP contribution in [0.1, 0.15) is 5.56 Å². The molecule has 0 radical (unpaired) electrons. The van der Waals surface area contributed by atoms with Crippen molar-refractivity contribution in [3.8, 4) is 5.75 Å². The fourth-order valence-electron chi connectivity index (χ4n) is 3.76. The second-order valence-corrected chi connectivity index (χ2v) is 8.98. The van der Waals surface area contributed by atoms with Crippen LogP contribution in [0.15, 0.2) is 96.0 Å². The lowest BCUT2D eigenvalue weighted by Crippen LogP contribution is -2.27. The smallest absolute Gasteiger partial charge is 0.270 e. The SMILES string of the molecule is O=C1/C(=C/c2cn(CCOc3ccccc3)c3ccccc23)SC(=S)N1c1ccccc1. The van der Waals surface area contributed by atoms with Crippen LogP contribution in [0.2, 0.25) is 0 Å². The lowest BCUT2D eigenvalue weighted by atomic mass is 10.1. The van der Waals surface area contributed by atoms with Crippen LogP contribution >= 0.6 is 24.0 Å². The largest absolute Gasteiger partial charge is 0.492 e. The summed E-state index contributed by atoms with van der Waals surface area (Å²) in [7, 11) is 0. The van der Waals surface area contributed by atoms with Crippen LogP contribution in [0.25, 0.3) is 17.0 Å². The van der Waals surface area contributed by atoms with Crippen molar-refractivity contribution in [2.24, 2.45) is 0 Å². The standard InChI is InChI=1S/C26H20N2O2S2/c29-25-24(32-26(31)28(25)20-9-3-1-4-10-20)17-19-18-27(23-14-8-7-13-22(19)23)15-16-30-21-11-5-2-6-12-21/h1-14,17-18H,15-16H2/b24-17-. The highest BCUT2D eigenvalue weighted by molar-refractivity contribution is 8.27. The van der Waals surface area contributed by atoms with Crippen molar-refractivity contribution < 1.29 is 9.53 Å². The molecule has 32 heavy (non-hydrogen) atoms. The molecule has 0 aliphatic carbocycles. The molecule has 1 aliphatic heterocycles. The van der Waals surface area contributed by atoms with Gasteiger partial charge in [0.15, 0.2) is 4.32 Å². The zero-order chi connectivity index (χ0) is 21.9. The minimum absolute atomic E-state index is 0.0876. The summed E-state index contributed by atoms with van der Waals surface area (Å²) in [6, 6.07) is 27.5. The van der Waals surface area contributed by atoms with Gasteiger partial charge >= 0.3 is 0 Å². The van der Waals surface area contributed by atoms with Crippen LogP contribution in [0.5, 0.6) is 5.75 Å². The van der Waals surface area contributed by atoms with Gasteiger partial charge in [-0.3, -0.25) is 9.69 Å². The molecule has 0 saturated carbocycles. The van der Waals surface area contributed by atoms with Crippen molar-refractivity contribution >= 4 is 56.9 Å². The third kappa shape index (κ3) is 4.07. The molecule has 5 rings (SSSR count). The summed E-state index contributed by atoms with van der Waals surface area (Å²) in [5.74, 6) is 0.768. The van der Waals surface area contributed by atoms with Crippen molar-refractivity contribution in [1.29, 1.82) is 0 Å². The highest BCUT2D eigenvalue weighted by Crippen LogP contribution is 2.37. The number of hydrogen-bond acceptors (Lipinski definition) is 4. The van der Waals surface area contributed by atoms with E-state index in [1.54, 1.807) is 4.90 Å². The van der Waals surface area contributed by atoms with Gasteiger partial charge in [-0.1, -0.05) is 78.6 Å². The molecule has 158 valence electrons. The minimum Gasteiger partial charge on any atom is -0.492 e. The molecule has 1 aliphatic rings. The number of hydrogen-bond donors (Lipinski definition) is 0. The summed E-state index contributed by atoms with van der Waals surface area (Å²) >= 11 is 6.84. The summed E-state index contributed by atoms with van der Waals surface area (Å²) in [6.45, 7) is 1.26. The van der Waals surface area contributed by atoms with Crippen LogP contribution in [-0.4, -0.2) is 21.4 Å². The Morgan fingerprint density at radius 2 is 1.59 bits per heavy atom. The van der Waals surface area contributed by atoms with E-state index in [2.05, 4.69) is 22.9 Å². The normalized spacial score (nSPS) is 15.1. The van der Waals surface area contributed by atoms with E-state index < -0.39 is 0 Å². The van der Waals surface area contributed by atoms with Gasteiger partial charge in [0.25, 0.3) is 5.91 Å². The van der Waals surface area contributed by atoms with E-state index in [1.807, 2.05) is 78.9 Å². The average Bonchev–Trinajstić information content (AvgIpc) is 3.31. The van der Waals surface area contributed by atoms with Crippen LogP contribution in [0, 0.1) is 0 Å². The second-order valence-electron chi connectivity index (χ2n) is 7.31. The molecule has 1 fully saturated rings. The Morgan fingerprint density at radius 3 is 2.38 bits per heavy atom. The molecular formula is C26H20N2O2S2. The molecule has 3 aromatic carbocycles. The molecule has 0 spiro atoms. The lowest BCUT2D eigenvalue weighted by Gasteiger charge is -2.13. The fraction of sp³-hybridized carbons (Fsp3) is 0.0769. The molecule has 6 heteroatoms. The highest BCUT2D eigenvalue weighted by Gasteiger charge is 2.33. The Hall–Kier alpha value is -3.35. The third-order valence-electron chi connectivity index (χ3n) is 5.26. The quantitative estimate of drug-likeness (QED) is 0.258. The van der Waals surface area contributed by atoms with Crippen molar-refractivity contribution in [2.75, 3.05) is 11.5 Å². The number of fused-ring (bicyclic) bond motifs is 1. The first-order valence-electron chi connectivity index (χ1n) is 10.3. The number of ether oxygens (including phenoxy) is 1. The zero-order valence-corrected chi connectivity index (χ0v) is 18.8. The van der Waals surface area contributed by atoms with Crippen LogP contribution < -0.4 is 9.64 Å². The van der Waals surface area contributed by atoms with Crippen LogP contribution in [-0.2, 0) is 11.3 Å². The van der Waals surface area contributed by atoms with Gasteiger partial charge in [-0.2, -0.15) is 0 Å². The van der Waals surface area contributed by atoms with Crippen LogP contribution in [0.4, 0.5) is 5.69 Å². The van der Waals surface area contributed by atoms with Gasteiger partial charge in [0, 0.05) is 22.7 Å². The minimum atomic E-state index is -0.0876. The summed E-state index contributed by atoms with van der Waals surface area (Å²) in [4.78, 5) is 15.3. The number of nitrogens with zero attached hydrogens (tertiary/aromatic N) is 2. The molecule has 0 atom stereocenters. The van der Waals surface area contributed by atoms with Crippen LogP contribution in [0.3, 0.4) is 0 Å². The number of para-hydroxylation sites is 3. The van der Waals surface area contributed by atoms with Crippen molar-refractivity contribution in [3.05, 3.63) is 102 Å². The molecule has 0 bridgehead atoms. The Morgan fingerprint density at radius 1 is 0.906 bits per heavy atom. The number of thiocarbonyl (C=S) groups is 1. The maximum atomic E-state index is 13.1. The molecule has 0 N–H and O–H groups in total. The number of amides is 1. The topological polar surface area (TPSA) is 34.5 Å². The van der Waals surface area contributed by atoms with E-state index in [1.165, 1.54) is 11.8 Å². The summed E-state index contributed by atoms with van der Waals surface area (Å²) in [6.07, 6.45) is 4.02. The van der Waals surface area contributed by atoms with Gasteiger partial charge in [-0.15, -0.1) is 0 Å². The van der Waals surface area contributed by atoms with E-state index in [4.69, 9.17) is 17.0 Å². The number of aromatic nitrogens is 1. The van der Waals surface area contributed by atoms with Gasteiger partial charge in [0.2, 0.25) is 0 Å². The Balaban J connectivity index is 1.41. The zero-order valence-electron chi connectivity index (χ0n) is 17.2. The first-order chi connectivity index (χ1) is 15.7. The van der Waals surface area contributed by atoms with E-state index in [0.717, 1.165) is 27.9 Å². The monoisotopic (exact) mass is 456 g/mol. The molecule has 0 unspecified atom stereocenters. The van der Waals surface area contributed by atoms with E-state index >= 15 is 0 Å². The molecule has 1 amide bonds. The number of thioether (sulfide) groups is 1. The summed E-state index contributed by atoms with van der Waals surface area (Å²) in [5.41, 5.74) is 2.89. The van der Waals surface area contributed by atoms with E-state index in [9.17, 15) is 4.79 Å². The molecule has 1 aromatic heterocycles. The maximum Gasteiger partial charge on any atom is 0.270 e. The van der Waals surface area contributed by atoms with Gasteiger partial charge in [0.1, 0.15) is 12.4 Å². The van der Waals surface area contributed by atoms with Gasteiger partial charge < -0.3 is 9.30 Å². The predicted molar refractivity (Wildman–Crippen MR) is 136 cm³/mol. The number of anilines is 1. The number of rotatable bonds is 6. The number of carbonyl (C=O) groups is 1. The fourth-order valence-corrected chi connectivity index (χ4v) is 5.05. The van der Waals surface area contributed by atoms with E-state index in [-0.39, 0.29) is 5.91 Å². The molecular weight excluding hydrogens is 436 g/mol. The Labute approximate surface area is 196 Å². The van der Waals surface area contributed by atoms with Crippen molar-refractivity contribution in [2.45, 2.75) is 6.54 Å². The van der Waals surface area contributed by atoms with Gasteiger partial charge in [0.05, 0.1) is 17.1 Å². The first kappa shape index (κ1) is 20.5.